The summed E-state index contributed by atoms with van der Waals surface area (Å²) in [6, 6.07) is 7.37. The van der Waals surface area contributed by atoms with E-state index in [2.05, 4.69) is 0 Å². The lowest BCUT2D eigenvalue weighted by molar-refractivity contribution is -0.141. The first-order valence-electron chi connectivity index (χ1n) is 7.28. The van der Waals surface area contributed by atoms with Crippen LogP contribution >= 0.6 is 11.6 Å². The summed E-state index contributed by atoms with van der Waals surface area (Å²) >= 11 is 5.93. The minimum Gasteiger partial charge on any atom is -0.339 e. The van der Waals surface area contributed by atoms with Crippen LogP contribution in [0.1, 0.15) is 19.4 Å². The molecule has 1 aliphatic heterocycles. The van der Waals surface area contributed by atoms with Crippen molar-refractivity contribution in [2.75, 3.05) is 26.2 Å². The first-order chi connectivity index (χ1) is 9.97. The number of benzene rings is 1. The maximum atomic E-state index is 12.3. The molecule has 0 saturated carbocycles. The predicted octanol–water partition coefficient (Wildman–Crippen LogP) is 2.21. The average Bonchev–Trinajstić information content (AvgIpc) is 2.46. The molecule has 0 bridgehead atoms. The Balaban J connectivity index is 1.87. The molecule has 2 rings (SSSR count). The first kappa shape index (κ1) is 15.8. The van der Waals surface area contributed by atoms with E-state index in [4.69, 9.17) is 11.6 Å². The number of hydrogen-bond acceptors (Lipinski definition) is 2. The van der Waals surface area contributed by atoms with E-state index in [9.17, 15) is 9.59 Å². The average molecular weight is 309 g/mol. The SMILES string of the molecule is CC(C)C(=O)N1CCN(C(=O)Cc2cccc(Cl)c2)CC1. The lowest BCUT2D eigenvalue weighted by Crippen LogP contribution is -2.51. The predicted molar refractivity (Wildman–Crippen MR) is 83.2 cm³/mol. The van der Waals surface area contributed by atoms with E-state index in [1.54, 1.807) is 6.07 Å². The Morgan fingerprint density at radius 1 is 1.14 bits per heavy atom. The van der Waals surface area contributed by atoms with Gasteiger partial charge in [-0.2, -0.15) is 0 Å². The fraction of sp³-hybridized carbons (Fsp3) is 0.500. The van der Waals surface area contributed by atoms with Crippen LogP contribution in [0.4, 0.5) is 0 Å². The third-order valence-electron chi connectivity index (χ3n) is 3.68. The van der Waals surface area contributed by atoms with E-state index in [1.807, 2.05) is 41.8 Å². The number of amides is 2. The third kappa shape index (κ3) is 4.21. The second kappa shape index (κ2) is 6.94. The second-order valence-electron chi connectivity index (χ2n) is 5.67. The molecule has 114 valence electrons. The largest absolute Gasteiger partial charge is 0.339 e. The molecule has 0 atom stereocenters. The molecule has 2 amide bonds. The van der Waals surface area contributed by atoms with E-state index in [0.717, 1.165) is 5.56 Å². The van der Waals surface area contributed by atoms with E-state index < -0.39 is 0 Å². The topological polar surface area (TPSA) is 40.6 Å². The lowest BCUT2D eigenvalue weighted by Gasteiger charge is -2.35. The summed E-state index contributed by atoms with van der Waals surface area (Å²) in [6.45, 7) is 6.27. The lowest BCUT2D eigenvalue weighted by atomic mass is 10.1. The van der Waals surface area contributed by atoms with Crippen LogP contribution in [0.5, 0.6) is 0 Å². The maximum Gasteiger partial charge on any atom is 0.227 e. The third-order valence-corrected chi connectivity index (χ3v) is 3.92. The number of carbonyl (C=O) groups excluding carboxylic acids is 2. The van der Waals surface area contributed by atoms with E-state index in [-0.39, 0.29) is 17.7 Å². The highest BCUT2D eigenvalue weighted by molar-refractivity contribution is 6.30. The zero-order valence-corrected chi connectivity index (χ0v) is 13.3. The number of rotatable bonds is 3. The van der Waals surface area contributed by atoms with E-state index in [0.29, 0.717) is 37.6 Å². The van der Waals surface area contributed by atoms with Crippen molar-refractivity contribution in [1.82, 2.24) is 9.80 Å². The van der Waals surface area contributed by atoms with Gasteiger partial charge < -0.3 is 9.80 Å². The van der Waals surface area contributed by atoms with Crippen molar-refractivity contribution >= 4 is 23.4 Å². The van der Waals surface area contributed by atoms with Gasteiger partial charge in [0.25, 0.3) is 0 Å². The fourth-order valence-electron chi connectivity index (χ4n) is 2.47. The van der Waals surface area contributed by atoms with Gasteiger partial charge in [-0.15, -0.1) is 0 Å². The van der Waals surface area contributed by atoms with Crippen molar-refractivity contribution in [1.29, 1.82) is 0 Å². The minimum absolute atomic E-state index is 0.0127. The van der Waals surface area contributed by atoms with Crippen LogP contribution in [-0.2, 0) is 16.0 Å². The monoisotopic (exact) mass is 308 g/mol. The molecular weight excluding hydrogens is 288 g/mol. The van der Waals surface area contributed by atoms with Gasteiger partial charge in [-0.05, 0) is 17.7 Å². The Kier molecular flexibility index (Phi) is 5.23. The van der Waals surface area contributed by atoms with E-state index >= 15 is 0 Å². The van der Waals surface area contributed by atoms with E-state index in [1.165, 1.54) is 0 Å². The molecule has 1 fully saturated rings. The minimum atomic E-state index is 0.0127. The summed E-state index contributed by atoms with van der Waals surface area (Å²) < 4.78 is 0. The van der Waals surface area contributed by atoms with Gasteiger partial charge in [0.05, 0.1) is 6.42 Å². The summed E-state index contributed by atoms with van der Waals surface area (Å²) in [5.74, 6) is 0.268. The zero-order valence-electron chi connectivity index (χ0n) is 12.5. The molecule has 21 heavy (non-hydrogen) atoms. The van der Waals surface area contributed by atoms with Crippen molar-refractivity contribution in [2.45, 2.75) is 20.3 Å². The van der Waals surface area contributed by atoms with Gasteiger partial charge in [0.15, 0.2) is 0 Å². The van der Waals surface area contributed by atoms with Crippen LogP contribution in [-0.4, -0.2) is 47.8 Å². The van der Waals surface area contributed by atoms with Crippen LogP contribution in [0.25, 0.3) is 0 Å². The molecule has 4 nitrogen and oxygen atoms in total. The summed E-state index contributed by atoms with van der Waals surface area (Å²) in [6.07, 6.45) is 0.360. The second-order valence-corrected chi connectivity index (χ2v) is 6.10. The van der Waals surface area contributed by atoms with Gasteiger partial charge in [-0.1, -0.05) is 37.6 Å². The van der Waals surface area contributed by atoms with Crippen LogP contribution < -0.4 is 0 Å². The van der Waals surface area contributed by atoms with Crippen molar-refractivity contribution in [3.63, 3.8) is 0 Å². The van der Waals surface area contributed by atoms with Gasteiger partial charge in [0, 0.05) is 37.1 Å². The molecule has 0 unspecified atom stereocenters. The Labute approximate surface area is 130 Å². The van der Waals surface area contributed by atoms with Gasteiger partial charge in [0.1, 0.15) is 0 Å². The molecule has 1 aromatic rings. The number of carbonyl (C=O) groups is 2. The van der Waals surface area contributed by atoms with Gasteiger partial charge >= 0.3 is 0 Å². The Hall–Kier alpha value is -1.55. The summed E-state index contributed by atoms with van der Waals surface area (Å²) in [5.41, 5.74) is 0.924. The highest BCUT2D eigenvalue weighted by atomic mass is 35.5. The van der Waals surface area contributed by atoms with Crippen LogP contribution in [0, 0.1) is 5.92 Å². The molecule has 5 heteroatoms. The highest BCUT2D eigenvalue weighted by Gasteiger charge is 2.25. The van der Waals surface area contributed by atoms with Crippen molar-refractivity contribution < 1.29 is 9.59 Å². The zero-order chi connectivity index (χ0) is 15.4. The number of hydrogen-bond donors (Lipinski definition) is 0. The molecule has 0 aromatic heterocycles. The smallest absolute Gasteiger partial charge is 0.227 e. The quantitative estimate of drug-likeness (QED) is 0.859. The molecule has 1 saturated heterocycles. The van der Waals surface area contributed by atoms with Crippen molar-refractivity contribution in [2.24, 2.45) is 5.92 Å². The number of piperazine rings is 1. The summed E-state index contributed by atoms with van der Waals surface area (Å²) in [7, 11) is 0. The van der Waals surface area contributed by atoms with Crippen LogP contribution in [0.15, 0.2) is 24.3 Å². The molecule has 0 spiro atoms. The molecule has 1 aliphatic rings. The fourth-order valence-corrected chi connectivity index (χ4v) is 2.69. The van der Waals surface area contributed by atoms with Gasteiger partial charge in [0.2, 0.25) is 11.8 Å². The van der Waals surface area contributed by atoms with Crippen molar-refractivity contribution in [3.05, 3.63) is 34.9 Å². The Bertz CT molecular complexity index is 523. The molecule has 0 N–H and O–H groups in total. The number of nitrogens with zero attached hydrogens (tertiary/aromatic N) is 2. The normalized spacial score (nSPS) is 15.4. The summed E-state index contributed by atoms with van der Waals surface area (Å²) in [4.78, 5) is 27.8. The van der Waals surface area contributed by atoms with Crippen molar-refractivity contribution in [3.8, 4) is 0 Å². The first-order valence-corrected chi connectivity index (χ1v) is 7.66. The summed E-state index contributed by atoms with van der Waals surface area (Å²) in [5, 5.41) is 0.646. The Morgan fingerprint density at radius 2 is 1.76 bits per heavy atom. The van der Waals surface area contributed by atoms with Gasteiger partial charge in [-0.25, -0.2) is 0 Å². The molecular formula is C16H21ClN2O2. The standard InChI is InChI=1S/C16H21ClN2O2/c1-12(2)16(21)19-8-6-18(7-9-19)15(20)11-13-4-3-5-14(17)10-13/h3-5,10,12H,6-9,11H2,1-2H3. The van der Waals surface area contributed by atoms with Crippen LogP contribution in [0.3, 0.4) is 0 Å². The molecule has 1 aromatic carbocycles. The molecule has 0 aliphatic carbocycles. The van der Waals surface area contributed by atoms with Crippen LogP contribution in [0.2, 0.25) is 5.02 Å². The highest BCUT2D eigenvalue weighted by Crippen LogP contribution is 2.13. The Morgan fingerprint density at radius 3 is 2.33 bits per heavy atom. The molecule has 1 heterocycles. The number of halogens is 1. The maximum absolute atomic E-state index is 12.3. The van der Waals surface area contributed by atoms with Gasteiger partial charge in [-0.3, -0.25) is 9.59 Å². The molecule has 0 radical (unpaired) electrons.